The van der Waals surface area contributed by atoms with E-state index >= 15 is 0 Å². The minimum atomic E-state index is -3.19. The molecule has 0 unspecified atom stereocenters. The second-order valence-electron chi connectivity index (χ2n) is 6.57. The molecule has 0 saturated carbocycles. The molecule has 0 spiro atoms. The number of carbonyl (C=O) groups excluding carboxylic acids is 1. The van der Waals surface area contributed by atoms with Gasteiger partial charge < -0.3 is 20.1 Å². The van der Waals surface area contributed by atoms with Gasteiger partial charge >= 0.3 is 7.60 Å². The molecule has 3 aromatic rings. The molecule has 1 heterocycles. The smallest absolute Gasteiger partial charge is 0.335 e. The molecule has 0 aliphatic heterocycles. The largest absolute Gasteiger partial charge is 0.397 e. The van der Waals surface area contributed by atoms with Crippen LogP contribution in [0.15, 0.2) is 59.3 Å². The lowest BCUT2D eigenvalue weighted by molar-refractivity contribution is 0.102. The van der Waals surface area contributed by atoms with Crippen LogP contribution in [0.1, 0.15) is 29.8 Å². The predicted octanol–water partition coefficient (Wildman–Crippen LogP) is 6.02. The van der Waals surface area contributed by atoms with E-state index in [4.69, 9.17) is 14.8 Å². The molecule has 0 radical (unpaired) electrons. The summed E-state index contributed by atoms with van der Waals surface area (Å²) >= 11 is 1.61. The molecule has 8 heteroatoms. The fourth-order valence-corrected chi connectivity index (χ4v) is 5.34. The maximum absolute atomic E-state index is 12.7. The van der Waals surface area contributed by atoms with Gasteiger partial charge in [0.05, 0.1) is 30.8 Å². The summed E-state index contributed by atoms with van der Waals surface area (Å²) in [5, 5.41) is 6.91. The molecule has 6 nitrogen and oxygen atoms in total. The molecule has 3 N–H and O–H groups in total. The molecular weight excluding hydrogens is 419 g/mol. The zero-order valence-electron chi connectivity index (χ0n) is 17.0. The third-order valence-corrected chi connectivity index (χ3v) is 7.14. The average Bonchev–Trinajstić information content (AvgIpc) is 3.25. The predicted molar refractivity (Wildman–Crippen MR) is 123 cm³/mol. The Morgan fingerprint density at radius 1 is 1.03 bits per heavy atom. The Balaban J connectivity index is 1.72. The maximum atomic E-state index is 12.7. The number of benzene rings is 2. The fourth-order valence-electron chi connectivity index (χ4n) is 2.97. The Kier molecular flexibility index (Phi) is 7.45. The normalized spacial score (nSPS) is 11.4. The first-order chi connectivity index (χ1) is 14.4. The highest BCUT2D eigenvalue weighted by Crippen LogP contribution is 2.51. The van der Waals surface area contributed by atoms with Gasteiger partial charge in [-0.05, 0) is 71.6 Å². The second-order valence-corrected chi connectivity index (χ2v) is 9.40. The van der Waals surface area contributed by atoms with E-state index in [1.54, 1.807) is 55.5 Å². The third kappa shape index (κ3) is 5.58. The van der Waals surface area contributed by atoms with Crippen LogP contribution in [0.4, 0.5) is 11.4 Å². The number of anilines is 2. The zero-order valence-corrected chi connectivity index (χ0v) is 18.7. The van der Waals surface area contributed by atoms with Crippen molar-refractivity contribution in [3.8, 4) is 11.1 Å². The standard InChI is InChI=1S/C22H25N2O4PS/c1-3-27-29(26,28-4-2)14-16-5-7-17(8-6-16)22(25)24-21-13-18(9-10-20(21)23)19-11-12-30-15-19/h5-13,15H,3-4,14,23H2,1-2H3,(H,24,25). The highest BCUT2D eigenvalue weighted by atomic mass is 32.1. The minimum Gasteiger partial charge on any atom is -0.397 e. The van der Waals surface area contributed by atoms with Crippen molar-refractivity contribution in [2.45, 2.75) is 20.0 Å². The van der Waals surface area contributed by atoms with E-state index in [1.807, 2.05) is 29.0 Å². The van der Waals surface area contributed by atoms with Crippen molar-refractivity contribution in [2.75, 3.05) is 24.3 Å². The van der Waals surface area contributed by atoms with Crippen LogP contribution in [0, 0.1) is 0 Å². The van der Waals surface area contributed by atoms with Gasteiger partial charge in [-0.1, -0.05) is 18.2 Å². The quantitative estimate of drug-likeness (QED) is 0.311. The summed E-state index contributed by atoms with van der Waals surface area (Å²) in [6.45, 7) is 4.17. The van der Waals surface area contributed by atoms with Crippen LogP contribution >= 0.6 is 18.9 Å². The number of rotatable bonds is 9. The van der Waals surface area contributed by atoms with Crippen molar-refractivity contribution in [1.29, 1.82) is 0 Å². The van der Waals surface area contributed by atoms with Crippen molar-refractivity contribution in [3.05, 3.63) is 70.4 Å². The average molecular weight is 444 g/mol. The monoisotopic (exact) mass is 444 g/mol. The summed E-state index contributed by atoms with van der Waals surface area (Å²) < 4.78 is 23.3. The van der Waals surface area contributed by atoms with Gasteiger partial charge in [0.15, 0.2) is 0 Å². The molecule has 0 aliphatic carbocycles. The molecule has 0 fully saturated rings. The summed E-state index contributed by atoms with van der Waals surface area (Å²) in [6.07, 6.45) is 0.159. The van der Waals surface area contributed by atoms with E-state index in [9.17, 15) is 9.36 Å². The van der Waals surface area contributed by atoms with Gasteiger partial charge in [-0.25, -0.2) is 0 Å². The fraction of sp³-hybridized carbons (Fsp3) is 0.227. The van der Waals surface area contributed by atoms with E-state index in [2.05, 4.69) is 5.32 Å². The molecule has 0 aliphatic rings. The van der Waals surface area contributed by atoms with Crippen LogP contribution in [0.2, 0.25) is 0 Å². The number of nitrogens with two attached hydrogens (primary N) is 1. The van der Waals surface area contributed by atoms with Gasteiger partial charge in [-0.15, -0.1) is 0 Å². The van der Waals surface area contributed by atoms with Crippen LogP contribution in [0.5, 0.6) is 0 Å². The van der Waals surface area contributed by atoms with Gasteiger partial charge in [0, 0.05) is 5.56 Å². The number of hydrogen-bond acceptors (Lipinski definition) is 6. The van der Waals surface area contributed by atoms with E-state index in [0.29, 0.717) is 30.2 Å². The van der Waals surface area contributed by atoms with Crippen molar-refractivity contribution in [1.82, 2.24) is 0 Å². The molecular formula is C22H25N2O4PS. The van der Waals surface area contributed by atoms with Crippen molar-refractivity contribution in [3.63, 3.8) is 0 Å². The number of nitrogens with one attached hydrogen (secondary N) is 1. The Hall–Kier alpha value is -2.44. The first-order valence-electron chi connectivity index (χ1n) is 9.64. The summed E-state index contributed by atoms with van der Waals surface area (Å²) in [4.78, 5) is 12.7. The number of carbonyl (C=O) groups is 1. The van der Waals surface area contributed by atoms with Crippen LogP contribution in [-0.2, 0) is 19.8 Å². The summed E-state index contributed by atoms with van der Waals surface area (Å²) in [5.41, 5.74) is 10.4. The Bertz CT molecular complexity index is 1030. The summed E-state index contributed by atoms with van der Waals surface area (Å²) in [6, 6.07) is 14.5. The molecule has 0 bridgehead atoms. The Morgan fingerprint density at radius 2 is 1.73 bits per heavy atom. The van der Waals surface area contributed by atoms with Crippen LogP contribution in [0.25, 0.3) is 11.1 Å². The molecule has 1 aromatic heterocycles. The third-order valence-electron chi connectivity index (χ3n) is 4.40. The molecule has 0 saturated heterocycles. The molecule has 30 heavy (non-hydrogen) atoms. The highest BCUT2D eigenvalue weighted by Gasteiger charge is 2.24. The maximum Gasteiger partial charge on any atom is 0.335 e. The van der Waals surface area contributed by atoms with Crippen LogP contribution in [-0.4, -0.2) is 19.1 Å². The van der Waals surface area contributed by atoms with Gasteiger partial charge in [0.2, 0.25) is 0 Å². The molecule has 1 amide bonds. The van der Waals surface area contributed by atoms with Gasteiger partial charge in [0.1, 0.15) is 0 Å². The van der Waals surface area contributed by atoms with E-state index < -0.39 is 7.60 Å². The lowest BCUT2D eigenvalue weighted by Crippen LogP contribution is -2.13. The Morgan fingerprint density at radius 3 is 2.33 bits per heavy atom. The lowest BCUT2D eigenvalue weighted by Gasteiger charge is -2.17. The first kappa shape index (κ1) is 22.2. The minimum absolute atomic E-state index is 0.159. The number of amides is 1. The van der Waals surface area contributed by atoms with Gasteiger partial charge in [-0.3, -0.25) is 9.36 Å². The molecule has 3 rings (SSSR count). The van der Waals surface area contributed by atoms with E-state index in [0.717, 1.165) is 16.7 Å². The molecule has 158 valence electrons. The van der Waals surface area contributed by atoms with Crippen molar-refractivity contribution < 1.29 is 18.4 Å². The number of hydrogen-bond donors (Lipinski definition) is 2. The van der Waals surface area contributed by atoms with Gasteiger partial charge in [0.25, 0.3) is 5.91 Å². The number of nitrogen functional groups attached to an aromatic ring is 1. The highest BCUT2D eigenvalue weighted by molar-refractivity contribution is 7.53. The van der Waals surface area contributed by atoms with Crippen LogP contribution in [0.3, 0.4) is 0 Å². The first-order valence-corrected chi connectivity index (χ1v) is 12.3. The zero-order chi connectivity index (χ0) is 21.6. The second kappa shape index (κ2) is 10.0. The van der Waals surface area contributed by atoms with E-state index in [-0.39, 0.29) is 12.1 Å². The van der Waals surface area contributed by atoms with E-state index in [1.165, 1.54) is 0 Å². The van der Waals surface area contributed by atoms with Gasteiger partial charge in [-0.2, -0.15) is 11.3 Å². The number of thiophene rings is 1. The lowest BCUT2D eigenvalue weighted by atomic mass is 10.1. The SMILES string of the molecule is CCOP(=O)(Cc1ccc(C(=O)Nc2cc(-c3ccsc3)ccc2N)cc1)OCC. The summed E-state index contributed by atoms with van der Waals surface area (Å²) in [7, 11) is -3.19. The Labute approximate surface area is 180 Å². The topological polar surface area (TPSA) is 90.7 Å². The van der Waals surface area contributed by atoms with Crippen LogP contribution < -0.4 is 11.1 Å². The van der Waals surface area contributed by atoms with Crippen molar-refractivity contribution in [2.24, 2.45) is 0 Å². The van der Waals surface area contributed by atoms with Crippen molar-refractivity contribution >= 4 is 36.2 Å². The molecule has 0 atom stereocenters. The molecule has 2 aromatic carbocycles. The summed E-state index contributed by atoms with van der Waals surface area (Å²) in [5.74, 6) is -0.270.